The Hall–Kier alpha value is 0. The fourth-order valence-electron chi connectivity index (χ4n) is 5.22. The van der Waals surface area contributed by atoms with Crippen molar-refractivity contribution in [3.8, 4) is 0 Å². The van der Waals surface area contributed by atoms with E-state index in [0.29, 0.717) is 0 Å². The second kappa shape index (κ2) is 6.19. The molecule has 0 heteroatoms. The highest BCUT2D eigenvalue weighted by Crippen LogP contribution is 2.83. The average Bonchev–Trinajstić information content (AvgIpc) is 3.19. The molecule has 0 amide bonds. The molecule has 0 nitrogen and oxygen atoms in total. The summed E-state index contributed by atoms with van der Waals surface area (Å²) in [5.41, 5.74) is 0.866. The van der Waals surface area contributed by atoms with Gasteiger partial charge in [-0.25, -0.2) is 0 Å². The number of rotatable bonds is 10. The summed E-state index contributed by atoms with van der Waals surface area (Å²) in [6, 6.07) is 0. The lowest BCUT2D eigenvalue weighted by Gasteiger charge is -2.31. The molecule has 0 radical (unpaired) electrons. The van der Waals surface area contributed by atoms with Gasteiger partial charge in [-0.2, -0.15) is 0 Å². The van der Waals surface area contributed by atoms with E-state index in [2.05, 4.69) is 34.6 Å². The summed E-state index contributed by atoms with van der Waals surface area (Å²) in [4.78, 5) is 0. The summed E-state index contributed by atoms with van der Waals surface area (Å²) < 4.78 is 0. The summed E-state index contributed by atoms with van der Waals surface area (Å²) in [5, 5.41) is 0. The zero-order valence-electron chi connectivity index (χ0n) is 14.0. The average molecular weight is 264 g/mol. The van der Waals surface area contributed by atoms with Gasteiger partial charge in [-0.15, -0.1) is 0 Å². The molecule has 6 unspecified atom stereocenters. The molecular weight excluding hydrogens is 228 g/mol. The van der Waals surface area contributed by atoms with Crippen LogP contribution in [0.25, 0.3) is 0 Å². The molecule has 2 saturated carbocycles. The van der Waals surface area contributed by atoms with Crippen molar-refractivity contribution < 1.29 is 0 Å². The predicted octanol–water partition coefficient (Wildman–Crippen LogP) is 6.30. The fourth-order valence-corrected chi connectivity index (χ4v) is 5.22. The van der Waals surface area contributed by atoms with Crippen LogP contribution in [-0.4, -0.2) is 0 Å². The minimum Gasteiger partial charge on any atom is -0.0654 e. The summed E-state index contributed by atoms with van der Waals surface area (Å²) >= 11 is 0. The van der Waals surface area contributed by atoms with E-state index in [0.717, 1.165) is 35.0 Å². The third-order valence-electron chi connectivity index (χ3n) is 6.53. The summed E-state index contributed by atoms with van der Waals surface area (Å²) in [7, 11) is 0. The lowest BCUT2D eigenvalue weighted by atomic mass is 9.74. The summed E-state index contributed by atoms with van der Waals surface area (Å²) in [5.74, 6) is 5.19. The van der Waals surface area contributed by atoms with E-state index in [1.165, 1.54) is 38.5 Å². The minimum atomic E-state index is 0.866. The third-order valence-corrected chi connectivity index (χ3v) is 6.53. The quantitative estimate of drug-likeness (QED) is 0.434. The van der Waals surface area contributed by atoms with Crippen molar-refractivity contribution in [3.05, 3.63) is 0 Å². The predicted molar refractivity (Wildman–Crippen MR) is 85.2 cm³/mol. The minimum absolute atomic E-state index is 0.866. The zero-order valence-corrected chi connectivity index (χ0v) is 14.0. The molecule has 0 aromatic heterocycles. The first-order valence-electron chi connectivity index (χ1n) is 9.10. The van der Waals surface area contributed by atoms with Gasteiger partial charge in [0.05, 0.1) is 0 Å². The largest absolute Gasteiger partial charge is 0.0654 e. The van der Waals surface area contributed by atoms with Crippen LogP contribution in [0.15, 0.2) is 0 Å². The van der Waals surface area contributed by atoms with Crippen LogP contribution in [-0.2, 0) is 0 Å². The standard InChI is InChI=1S/C19H36/c1-6-9-11-16(14(4)10-7-2)15(5)12-19-13-18(19)17(19)8-3/h14-18H,6-13H2,1-5H3. The topological polar surface area (TPSA) is 0 Å². The SMILES string of the molecule is CCCCC(C(C)CCC)C(C)CC12CC1C2CC. The Morgan fingerprint density at radius 2 is 1.74 bits per heavy atom. The maximum Gasteiger partial charge on any atom is -0.0229 e. The van der Waals surface area contributed by atoms with Crippen molar-refractivity contribution in [2.45, 2.75) is 86.0 Å². The van der Waals surface area contributed by atoms with Gasteiger partial charge in [-0.05, 0) is 54.3 Å². The van der Waals surface area contributed by atoms with Crippen LogP contribution in [0.4, 0.5) is 0 Å². The second-order valence-electron chi connectivity index (χ2n) is 7.81. The molecule has 0 N–H and O–H groups in total. The van der Waals surface area contributed by atoms with Gasteiger partial charge in [0.2, 0.25) is 0 Å². The van der Waals surface area contributed by atoms with E-state index < -0.39 is 0 Å². The first kappa shape index (κ1) is 15.4. The van der Waals surface area contributed by atoms with Crippen molar-refractivity contribution in [2.24, 2.45) is 35.0 Å². The molecular formula is C19H36. The van der Waals surface area contributed by atoms with Crippen LogP contribution in [0.5, 0.6) is 0 Å². The van der Waals surface area contributed by atoms with Crippen LogP contribution < -0.4 is 0 Å². The van der Waals surface area contributed by atoms with E-state index in [1.807, 2.05) is 0 Å². The van der Waals surface area contributed by atoms with Gasteiger partial charge in [0.15, 0.2) is 0 Å². The van der Waals surface area contributed by atoms with Crippen molar-refractivity contribution in [1.82, 2.24) is 0 Å². The van der Waals surface area contributed by atoms with Gasteiger partial charge in [0.25, 0.3) is 0 Å². The molecule has 0 aromatic rings. The fraction of sp³-hybridized carbons (Fsp3) is 1.00. The van der Waals surface area contributed by atoms with Crippen LogP contribution in [0.3, 0.4) is 0 Å². The Kier molecular flexibility index (Phi) is 5.01. The number of hydrogen-bond donors (Lipinski definition) is 0. The third kappa shape index (κ3) is 3.03. The van der Waals surface area contributed by atoms with Crippen molar-refractivity contribution >= 4 is 0 Å². The summed E-state index contributed by atoms with van der Waals surface area (Å²) in [6.45, 7) is 12.2. The van der Waals surface area contributed by atoms with Gasteiger partial charge < -0.3 is 0 Å². The Morgan fingerprint density at radius 3 is 2.21 bits per heavy atom. The molecule has 0 bridgehead atoms. The van der Waals surface area contributed by atoms with Gasteiger partial charge in [0.1, 0.15) is 0 Å². The number of hydrogen-bond acceptors (Lipinski definition) is 0. The summed E-state index contributed by atoms with van der Waals surface area (Å²) in [6.07, 6.45) is 11.7. The van der Waals surface area contributed by atoms with Gasteiger partial charge in [0, 0.05) is 0 Å². The highest BCUT2D eigenvalue weighted by atomic mass is 14.8. The number of fused-ring (bicyclic) bond motifs is 1. The van der Waals surface area contributed by atoms with E-state index in [1.54, 1.807) is 12.8 Å². The molecule has 112 valence electrons. The Balaban J connectivity index is 1.86. The Bertz CT molecular complexity index is 282. The normalized spacial score (nSPS) is 36.5. The Morgan fingerprint density at radius 1 is 1.00 bits per heavy atom. The molecule has 2 fully saturated rings. The molecule has 0 aliphatic heterocycles. The van der Waals surface area contributed by atoms with Gasteiger partial charge >= 0.3 is 0 Å². The van der Waals surface area contributed by atoms with E-state index >= 15 is 0 Å². The maximum atomic E-state index is 2.57. The smallest absolute Gasteiger partial charge is 0.0229 e. The highest BCUT2D eigenvalue weighted by Gasteiger charge is 2.76. The first-order chi connectivity index (χ1) is 9.10. The molecule has 19 heavy (non-hydrogen) atoms. The van der Waals surface area contributed by atoms with Gasteiger partial charge in [-0.3, -0.25) is 0 Å². The van der Waals surface area contributed by atoms with E-state index in [-0.39, 0.29) is 0 Å². The van der Waals surface area contributed by atoms with Crippen molar-refractivity contribution in [1.29, 1.82) is 0 Å². The highest BCUT2D eigenvalue weighted by molar-refractivity contribution is 5.24. The van der Waals surface area contributed by atoms with Gasteiger partial charge in [-0.1, -0.05) is 66.7 Å². The lowest BCUT2D eigenvalue weighted by Crippen LogP contribution is -2.22. The zero-order chi connectivity index (χ0) is 14.0. The van der Waals surface area contributed by atoms with E-state index in [9.17, 15) is 0 Å². The van der Waals surface area contributed by atoms with Crippen LogP contribution >= 0.6 is 0 Å². The second-order valence-corrected chi connectivity index (χ2v) is 7.81. The van der Waals surface area contributed by atoms with Crippen LogP contribution in [0.2, 0.25) is 0 Å². The molecule has 0 aromatic carbocycles. The molecule has 6 atom stereocenters. The van der Waals surface area contributed by atoms with Crippen LogP contribution in [0.1, 0.15) is 86.0 Å². The van der Waals surface area contributed by atoms with Crippen LogP contribution in [0, 0.1) is 35.0 Å². The molecule has 2 aliphatic rings. The first-order valence-corrected chi connectivity index (χ1v) is 9.10. The lowest BCUT2D eigenvalue weighted by molar-refractivity contribution is 0.191. The van der Waals surface area contributed by atoms with Crippen molar-refractivity contribution in [3.63, 3.8) is 0 Å². The molecule has 0 spiro atoms. The molecule has 2 rings (SSSR count). The monoisotopic (exact) mass is 264 g/mol. The molecule has 0 saturated heterocycles. The van der Waals surface area contributed by atoms with Crippen molar-refractivity contribution in [2.75, 3.05) is 0 Å². The number of unbranched alkanes of at least 4 members (excludes halogenated alkanes) is 1. The maximum absolute atomic E-state index is 2.57. The molecule has 2 aliphatic carbocycles. The Labute approximate surface area is 121 Å². The molecule has 0 heterocycles. The van der Waals surface area contributed by atoms with E-state index in [4.69, 9.17) is 0 Å².